The Hall–Kier alpha value is -1.59. The summed E-state index contributed by atoms with van der Waals surface area (Å²) >= 11 is 0. The lowest BCUT2D eigenvalue weighted by atomic mass is 10.0. The van der Waals surface area contributed by atoms with Crippen LogP contribution in [0, 0.1) is 0 Å². The topological polar surface area (TPSA) is 59.0 Å². The number of carboxylic acid groups (broad SMARTS) is 1. The normalized spacial score (nSPS) is 17.6. The van der Waals surface area contributed by atoms with Crippen molar-refractivity contribution in [1.29, 1.82) is 0 Å². The van der Waals surface area contributed by atoms with Crippen molar-refractivity contribution in [2.24, 2.45) is 0 Å². The molecule has 1 aliphatic heterocycles. The fraction of sp³-hybridized carbons (Fsp3) is 0.533. The van der Waals surface area contributed by atoms with E-state index in [2.05, 4.69) is 4.90 Å². The first-order chi connectivity index (χ1) is 9.70. The van der Waals surface area contributed by atoms with E-state index in [4.69, 9.17) is 14.6 Å². The highest BCUT2D eigenvalue weighted by Crippen LogP contribution is 2.27. The van der Waals surface area contributed by atoms with Crippen molar-refractivity contribution < 1.29 is 19.4 Å². The molecule has 1 unspecified atom stereocenters. The summed E-state index contributed by atoms with van der Waals surface area (Å²) in [6.45, 7) is 5.42. The van der Waals surface area contributed by atoms with Gasteiger partial charge in [-0.3, -0.25) is 9.69 Å². The van der Waals surface area contributed by atoms with Crippen LogP contribution in [0.5, 0.6) is 5.75 Å². The second kappa shape index (κ2) is 7.26. The summed E-state index contributed by atoms with van der Waals surface area (Å²) in [7, 11) is 0. The fourth-order valence-electron chi connectivity index (χ4n) is 2.47. The van der Waals surface area contributed by atoms with Crippen LogP contribution in [0.15, 0.2) is 24.3 Å². The molecule has 0 bridgehead atoms. The van der Waals surface area contributed by atoms with Crippen molar-refractivity contribution in [2.45, 2.75) is 19.4 Å². The van der Waals surface area contributed by atoms with Gasteiger partial charge in [0.1, 0.15) is 5.75 Å². The third-order valence-corrected chi connectivity index (χ3v) is 3.43. The van der Waals surface area contributed by atoms with Crippen molar-refractivity contribution in [3.8, 4) is 5.75 Å². The van der Waals surface area contributed by atoms with Crippen LogP contribution in [-0.2, 0) is 9.53 Å². The van der Waals surface area contributed by atoms with Crippen molar-refractivity contribution in [2.75, 3.05) is 32.9 Å². The number of morpholine rings is 1. The molecule has 1 fully saturated rings. The Labute approximate surface area is 119 Å². The summed E-state index contributed by atoms with van der Waals surface area (Å²) in [5.41, 5.74) is 1.01. The molecule has 1 aromatic rings. The zero-order chi connectivity index (χ0) is 14.4. The molecule has 20 heavy (non-hydrogen) atoms. The van der Waals surface area contributed by atoms with Crippen LogP contribution in [0.4, 0.5) is 0 Å². The lowest BCUT2D eigenvalue weighted by molar-refractivity contribution is -0.139. The third kappa shape index (κ3) is 3.95. The van der Waals surface area contributed by atoms with Crippen LogP contribution in [-0.4, -0.2) is 48.9 Å². The third-order valence-electron chi connectivity index (χ3n) is 3.43. The number of benzene rings is 1. The van der Waals surface area contributed by atoms with Crippen molar-refractivity contribution >= 4 is 5.97 Å². The molecule has 1 N–H and O–H groups in total. The fourth-order valence-corrected chi connectivity index (χ4v) is 2.47. The molecule has 0 aromatic heterocycles. The van der Waals surface area contributed by atoms with E-state index >= 15 is 0 Å². The van der Waals surface area contributed by atoms with Gasteiger partial charge in [-0.05, 0) is 24.6 Å². The number of aliphatic carboxylic acids is 1. The molecule has 1 saturated heterocycles. The number of carboxylic acids is 1. The average molecular weight is 279 g/mol. The van der Waals surface area contributed by atoms with Gasteiger partial charge in [0.15, 0.2) is 0 Å². The maximum atomic E-state index is 11.1. The van der Waals surface area contributed by atoms with Crippen LogP contribution < -0.4 is 4.74 Å². The summed E-state index contributed by atoms with van der Waals surface area (Å²) in [5.74, 6) is 0.0303. The largest absolute Gasteiger partial charge is 0.494 e. The Kier molecular flexibility index (Phi) is 5.38. The molecule has 1 heterocycles. The van der Waals surface area contributed by atoms with Gasteiger partial charge >= 0.3 is 5.97 Å². The molecular weight excluding hydrogens is 258 g/mol. The maximum Gasteiger partial charge on any atom is 0.305 e. The van der Waals surface area contributed by atoms with Gasteiger partial charge in [-0.25, -0.2) is 0 Å². The van der Waals surface area contributed by atoms with Crippen LogP contribution in [0.1, 0.15) is 24.9 Å². The minimum absolute atomic E-state index is 0.105. The zero-order valence-electron chi connectivity index (χ0n) is 11.7. The first-order valence-corrected chi connectivity index (χ1v) is 6.97. The molecule has 110 valence electrons. The number of carbonyl (C=O) groups is 1. The van der Waals surface area contributed by atoms with E-state index in [1.54, 1.807) is 0 Å². The summed E-state index contributed by atoms with van der Waals surface area (Å²) in [4.78, 5) is 13.3. The zero-order valence-corrected chi connectivity index (χ0v) is 11.7. The summed E-state index contributed by atoms with van der Waals surface area (Å²) in [6, 6.07) is 7.59. The van der Waals surface area contributed by atoms with Gasteiger partial charge < -0.3 is 14.6 Å². The number of nitrogens with zero attached hydrogens (tertiary/aromatic N) is 1. The van der Waals surface area contributed by atoms with E-state index in [0.29, 0.717) is 19.8 Å². The van der Waals surface area contributed by atoms with Crippen molar-refractivity contribution in [3.63, 3.8) is 0 Å². The SMILES string of the molecule is CCOc1ccc(C(CC(=O)O)N2CCOCC2)cc1. The molecule has 1 aromatic carbocycles. The van der Waals surface area contributed by atoms with Crippen LogP contribution in [0.3, 0.4) is 0 Å². The molecule has 1 aliphatic rings. The molecule has 1 atom stereocenters. The smallest absolute Gasteiger partial charge is 0.305 e. The second-order valence-electron chi connectivity index (χ2n) is 4.76. The second-order valence-corrected chi connectivity index (χ2v) is 4.76. The lowest BCUT2D eigenvalue weighted by Gasteiger charge is -2.34. The summed E-state index contributed by atoms with van der Waals surface area (Å²) in [5, 5.41) is 9.13. The molecule has 2 rings (SSSR count). The van der Waals surface area contributed by atoms with Crippen molar-refractivity contribution in [1.82, 2.24) is 4.90 Å². The standard InChI is InChI=1S/C15H21NO4/c1-2-20-13-5-3-12(4-6-13)14(11-15(17)18)16-7-9-19-10-8-16/h3-6,14H,2,7-11H2,1H3,(H,17,18). The molecular formula is C15H21NO4. The first-order valence-electron chi connectivity index (χ1n) is 6.97. The molecule has 0 aliphatic carbocycles. The van der Waals surface area contributed by atoms with Gasteiger partial charge in [0.05, 0.1) is 26.2 Å². The Morgan fingerprint density at radius 2 is 2.00 bits per heavy atom. The van der Waals surface area contributed by atoms with Gasteiger partial charge in [0.2, 0.25) is 0 Å². The highest BCUT2D eigenvalue weighted by molar-refractivity contribution is 5.68. The Balaban J connectivity index is 2.14. The van der Waals surface area contributed by atoms with Crippen LogP contribution in [0.25, 0.3) is 0 Å². The summed E-state index contributed by atoms with van der Waals surface area (Å²) in [6.07, 6.45) is 0.105. The predicted molar refractivity (Wildman–Crippen MR) is 75.0 cm³/mol. The highest BCUT2D eigenvalue weighted by atomic mass is 16.5. The monoisotopic (exact) mass is 279 g/mol. The van der Waals surface area contributed by atoms with Gasteiger partial charge in [-0.2, -0.15) is 0 Å². The van der Waals surface area contributed by atoms with Crippen LogP contribution in [0.2, 0.25) is 0 Å². The van der Waals surface area contributed by atoms with Crippen molar-refractivity contribution in [3.05, 3.63) is 29.8 Å². The van der Waals surface area contributed by atoms with E-state index in [1.165, 1.54) is 0 Å². The minimum atomic E-state index is -0.782. The summed E-state index contributed by atoms with van der Waals surface area (Å²) < 4.78 is 10.7. The van der Waals surface area contributed by atoms with Gasteiger partial charge in [0.25, 0.3) is 0 Å². The molecule has 0 amide bonds. The van der Waals surface area contributed by atoms with E-state index in [9.17, 15) is 4.79 Å². The predicted octanol–water partition coefficient (Wildman–Crippen LogP) is 1.93. The highest BCUT2D eigenvalue weighted by Gasteiger charge is 2.24. The number of ether oxygens (including phenoxy) is 2. The van der Waals surface area contributed by atoms with E-state index in [1.807, 2.05) is 31.2 Å². The lowest BCUT2D eigenvalue weighted by Crippen LogP contribution is -2.39. The van der Waals surface area contributed by atoms with Gasteiger partial charge in [-0.1, -0.05) is 12.1 Å². The molecule has 5 heteroatoms. The van der Waals surface area contributed by atoms with E-state index in [-0.39, 0.29) is 12.5 Å². The Morgan fingerprint density at radius 3 is 2.55 bits per heavy atom. The van der Waals surface area contributed by atoms with E-state index < -0.39 is 5.97 Å². The Morgan fingerprint density at radius 1 is 1.35 bits per heavy atom. The molecule has 0 saturated carbocycles. The average Bonchev–Trinajstić information content (AvgIpc) is 2.47. The molecule has 0 spiro atoms. The quantitative estimate of drug-likeness (QED) is 0.862. The number of hydrogen-bond donors (Lipinski definition) is 1. The first kappa shape index (κ1) is 14.8. The maximum absolute atomic E-state index is 11.1. The van der Waals surface area contributed by atoms with Gasteiger partial charge in [-0.15, -0.1) is 0 Å². The van der Waals surface area contributed by atoms with Crippen LogP contribution >= 0.6 is 0 Å². The molecule has 0 radical (unpaired) electrons. The van der Waals surface area contributed by atoms with Gasteiger partial charge in [0, 0.05) is 19.1 Å². The Bertz CT molecular complexity index is 426. The number of rotatable bonds is 6. The number of hydrogen-bond acceptors (Lipinski definition) is 4. The minimum Gasteiger partial charge on any atom is -0.494 e. The van der Waals surface area contributed by atoms with E-state index in [0.717, 1.165) is 24.4 Å². The molecule has 5 nitrogen and oxygen atoms in total.